The molecule has 0 aliphatic rings. The van der Waals surface area contributed by atoms with Crippen LogP contribution in [0.2, 0.25) is 5.02 Å². The number of methoxy groups -OCH3 is 1. The highest BCUT2D eigenvalue weighted by molar-refractivity contribution is 6.30. The molecule has 2 aromatic rings. The predicted octanol–water partition coefficient (Wildman–Crippen LogP) is 2.72. The van der Waals surface area contributed by atoms with Crippen molar-refractivity contribution >= 4 is 17.5 Å². The van der Waals surface area contributed by atoms with E-state index in [0.717, 1.165) is 11.1 Å². The molecule has 0 aliphatic carbocycles. The average Bonchev–Trinajstić information content (AvgIpc) is 2.62. The Morgan fingerprint density at radius 3 is 2.69 bits per heavy atom. The fourth-order valence-electron chi connectivity index (χ4n) is 1.50. The largest absolute Gasteiger partial charge is 0.378 e. The molecular weight excluding hydrogens is 228 g/mol. The molecule has 0 saturated carbocycles. The van der Waals surface area contributed by atoms with Crippen LogP contribution in [0, 0.1) is 0 Å². The number of nitrogen functional groups attached to an aromatic ring is 1. The van der Waals surface area contributed by atoms with E-state index in [-0.39, 0.29) is 5.88 Å². The van der Waals surface area contributed by atoms with Gasteiger partial charge >= 0.3 is 0 Å². The number of hydrogen-bond donors (Lipinski definition) is 1. The van der Waals surface area contributed by atoms with Gasteiger partial charge in [-0.1, -0.05) is 28.9 Å². The molecule has 4 nitrogen and oxygen atoms in total. The molecule has 1 heterocycles. The zero-order valence-electron chi connectivity index (χ0n) is 8.74. The van der Waals surface area contributed by atoms with Crippen molar-refractivity contribution in [2.75, 3.05) is 12.8 Å². The summed E-state index contributed by atoms with van der Waals surface area (Å²) in [6, 6.07) is 7.31. The van der Waals surface area contributed by atoms with Crippen LogP contribution in [0.5, 0.6) is 0 Å². The maximum atomic E-state index is 5.82. The summed E-state index contributed by atoms with van der Waals surface area (Å²) in [7, 11) is 1.59. The Bertz CT molecular complexity index is 479. The molecule has 0 spiro atoms. The van der Waals surface area contributed by atoms with Gasteiger partial charge in [0.15, 0.2) is 0 Å². The molecule has 0 aliphatic heterocycles. The quantitative estimate of drug-likeness (QED) is 0.893. The van der Waals surface area contributed by atoms with Gasteiger partial charge in [0.25, 0.3) is 0 Å². The third-order valence-corrected chi connectivity index (χ3v) is 2.46. The van der Waals surface area contributed by atoms with Crippen molar-refractivity contribution in [3.8, 4) is 11.1 Å². The van der Waals surface area contributed by atoms with E-state index < -0.39 is 0 Å². The fraction of sp³-hybridized carbons (Fsp3) is 0.182. The number of nitrogens with zero attached hydrogens (tertiary/aromatic N) is 1. The molecule has 0 saturated heterocycles. The van der Waals surface area contributed by atoms with Gasteiger partial charge in [0.2, 0.25) is 5.88 Å². The lowest BCUT2D eigenvalue weighted by atomic mass is 10.1. The smallest absolute Gasteiger partial charge is 0.230 e. The van der Waals surface area contributed by atoms with Crippen LogP contribution in [0.15, 0.2) is 28.8 Å². The minimum Gasteiger partial charge on any atom is -0.378 e. The maximum absolute atomic E-state index is 5.82. The number of nitrogens with two attached hydrogens (primary N) is 1. The molecule has 2 N–H and O–H groups in total. The topological polar surface area (TPSA) is 61.3 Å². The lowest BCUT2D eigenvalue weighted by molar-refractivity contribution is 0.178. The Morgan fingerprint density at radius 1 is 1.38 bits per heavy atom. The number of anilines is 1. The molecule has 0 atom stereocenters. The van der Waals surface area contributed by atoms with E-state index >= 15 is 0 Å². The van der Waals surface area contributed by atoms with E-state index in [2.05, 4.69) is 5.16 Å². The molecule has 16 heavy (non-hydrogen) atoms. The molecule has 0 radical (unpaired) electrons. The van der Waals surface area contributed by atoms with Crippen molar-refractivity contribution in [2.24, 2.45) is 0 Å². The second-order valence-electron chi connectivity index (χ2n) is 3.31. The first-order valence-electron chi connectivity index (χ1n) is 4.71. The Balaban J connectivity index is 2.45. The average molecular weight is 239 g/mol. The zero-order valence-corrected chi connectivity index (χ0v) is 9.49. The normalized spacial score (nSPS) is 10.6. The van der Waals surface area contributed by atoms with E-state index in [9.17, 15) is 0 Å². The molecule has 84 valence electrons. The van der Waals surface area contributed by atoms with Crippen molar-refractivity contribution in [3.05, 3.63) is 35.0 Å². The van der Waals surface area contributed by atoms with Gasteiger partial charge in [0.1, 0.15) is 5.69 Å². The Hall–Kier alpha value is -1.52. The molecule has 0 fully saturated rings. The first-order chi connectivity index (χ1) is 7.72. The first kappa shape index (κ1) is 11.0. The van der Waals surface area contributed by atoms with Crippen LogP contribution < -0.4 is 5.73 Å². The van der Waals surface area contributed by atoms with Crippen molar-refractivity contribution in [1.82, 2.24) is 5.16 Å². The molecule has 0 bridgehead atoms. The second-order valence-corrected chi connectivity index (χ2v) is 3.74. The summed E-state index contributed by atoms with van der Waals surface area (Å²) in [6.07, 6.45) is 0. The van der Waals surface area contributed by atoms with Crippen LogP contribution in [-0.4, -0.2) is 12.3 Å². The van der Waals surface area contributed by atoms with Gasteiger partial charge in [-0.25, -0.2) is 0 Å². The Labute approximate surface area is 97.9 Å². The fourth-order valence-corrected chi connectivity index (χ4v) is 1.62. The minimum atomic E-state index is 0.286. The van der Waals surface area contributed by atoms with E-state index in [1.807, 2.05) is 12.1 Å². The summed E-state index contributed by atoms with van der Waals surface area (Å²) >= 11 is 5.82. The van der Waals surface area contributed by atoms with Crippen LogP contribution in [0.1, 0.15) is 5.69 Å². The SMILES string of the molecule is COCc1noc(N)c1-c1ccc(Cl)cc1. The molecule has 1 aromatic heterocycles. The Kier molecular flexibility index (Phi) is 3.12. The van der Waals surface area contributed by atoms with Gasteiger partial charge in [0.05, 0.1) is 12.2 Å². The molecule has 0 unspecified atom stereocenters. The third kappa shape index (κ3) is 2.03. The van der Waals surface area contributed by atoms with Crippen molar-refractivity contribution in [1.29, 1.82) is 0 Å². The van der Waals surface area contributed by atoms with E-state index in [0.29, 0.717) is 17.3 Å². The summed E-state index contributed by atoms with van der Waals surface area (Å²) in [5.41, 5.74) is 8.08. The van der Waals surface area contributed by atoms with Crippen LogP contribution >= 0.6 is 11.6 Å². The summed E-state index contributed by atoms with van der Waals surface area (Å²) in [4.78, 5) is 0. The number of halogens is 1. The van der Waals surface area contributed by atoms with E-state index in [1.54, 1.807) is 19.2 Å². The summed E-state index contributed by atoms with van der Waals surface area (Å²) in [5.74, 6) is 0.286. The lowest BCUT2D eigenvalue weighted by Crippen LogP contribution is -1.92. The molecule has 5 heteroatoms. The number of rotatable bonds is 3. The minimum absolute atomic E-state index is 0.286. The highest BCUT2D eigenvalue weighted by Crippen LogP contribution is 2.30. The van der Waals surface area contributed by atoms with Gasteiger partial charge in [-0.05, 0) is 17.7 Å². The molecule has 2 rings (SSSR count). The molecule has 0 amide bonds. The standard InChI is InChI=1S/C11H11ClN2O2/c1-15-6-9-10(11(13)16-14-9)7-2-4-8(12)5-3-7/h2-5H,6,13H2,1H3. The lowest BCUT2D eigenvalue weighted by Gasteiger charge is -2.01. The predicted molar refractivity (Wildman–Crippen MR) is 62.1 cm³/mol. The number of ether oxygens (including phenoxy) is 1. The van der Waals surface area contributed by atoms with Gasteiger partial charge in [-0.2, -0.15) is 0 Å². The van der Waals surface area contributed by atoms with Gasteiger partial charge in [-0.3, -0.25) is 0 Å². The van der Waals surface area contributed by atoms with E-state index in [4.69, 9.17) is 26.6 Å². The van der Waals surface area contributed by atoms with Crippen LogP contribution in [0.3, 0.4) is 0 Å². The number of aromatic nitrogens is 1. The molecule has 1 aromatic carbocycles. The summed E-state index contributed by atoms with van der Waals surface area (Å²) in [5, 5.41) is 4.52. The van der Waals surface area contributed by atoms with Crippen LogP contribution in [-0.2, 0) is 11.3 Å². The van der Waals surface area contributed by atoms with Crippen molar-refractivity contribution in [2.45, 2.75) is 6.61 Å². The summed E-state index contributed by atoms with van der Waals surface area (Å²) < 4.78 is 9.97. The molecular formula is C11H11ClN2O2. The first-order valence-corrected chi connectivity index (χ1v) is 5.09. The van der Waals surface area contributed by atoms with Crippen molar-refractivity contribution in [3.63, 3.8) is 0 Å². The number of benzene rings is 1. The van der Waals surface area contributed by atoms with Crippen LogP contribution in [0.4, 0.5) is 5.88 Å². The monoisotopic (exact) mass is 238 g/mol. The third-order valence-electron chi connectivity index (χ3n) is 2.20. The Morgan fingerprint density at radius 2 is 2.06 bits per heavy atom. The van der Waals surface area contributed by atoms with Gasteiger partial charge in [-0.15, -0.1) is 0 Å². The second kappa shape index (κ2) is 4.55. The summed E-state index contributed by atoms with van der Waals surface area (Å²) in [6.45, 7) is 0.360. The zero-order chi connectivity index (χ0) is 11.5. The number of hydrogen-bond acceptors (Lipinski definition) is 4. The van der Waals surface area contributed by atoms with Crippen LogP contribution in [0.25, 0.3) is 11.1 Å². The highest BCUT2D eigenvalue weighted by Gasteiger charge is 2.15. The maximum Gasteiger partial charge on any atom is 0.230 e. The van der Waals surface area contributed by atoms with Gasteiger partial charge < -0.3 is 15.0 Å². The highest BCUT2D eigenvalue weighted by atomic mass is 35.5. The van der Waals surface area contributed by atoms with Crippen molar-refractivity contribution < 1.29 is 9.26 Å². The van der Waals surface area contributed by atoms with E-state index in [1.165, 1.54) is 0 Å². The van der Waals surface area contributed by atoms with Gasteiger partial charge in [0, 0.05) is 12.1 Å².